The third kappa shape index (κ3) is 2.71. The van der Waals surface area contributed by atoms with Gasteiger partial charge in [-0.15, -0.1) is 0 Å². The third-order valence-electron chi connectivity index (χ3n) is 5.45. The lowest BCUT2D eigenvalue weighted by molar-refractivity contribution is -0.0421. The monoisotopic (exact) mass is 274 g/mol. The molecule has 4 atom stereocenters. The summed E-state index contributed by atoms with van der Waals surface area (Å²) in [5, 5.41) is 11.0. The molecule has 1 fully saturated rings. The van der Waals surface area contributed by atoms with Gasteiger partial charge >= 0.3 is 0 Å². The first-order valence-electron chi connectivity index (χ1n) is 8.01. The Labute approximate surface area is 122 Å². The highest BCUT2D eigenvalue weighted by molar-refractivity contribution is 5.38. The lowest BCUT2D eigenvalue weighted by Gasteiger charge is -2.42. The normalized spacial score (nSPS) is 37.0. The van der Waals surface area contributed by atoms with Crippen LogP contribution in [0.3, 0.4) is 0 Å². The molecule has 0 spiro atoms. The van der Waals surface area contributed by atoms with Crippen LogP contribution in [0.4, 0.5) is 0 Å². The van der Waals surface area contributed by atoms with E-state index in [2.05, 4.69) is 32.0 Å². The van der Waals surface area contributed by atoms with Crippen LogP contribution in [0.15, 0.2) is 24.3 Å². The number of para-hydroxylation sites is 1. The molecule has 110 valence electrons. The summed E-state index contributed by atoms with van der Waals surface area (Å²) in [5.41, 5.74) is 0.819. The molecule has 0 saturated heterocycles. The van der Waals surface area contributed by atoms with Gasteiger partial charge < -0.3 is 9.84 Å². The average molecular weight is 274 g/mol. The summed E-state index contributed by atoms with van der Waals surface area (Å²) in [6.07, 6.45) is 4.99. The summed E-state index contributed by atoms with van der Waals surface area (Å²) < 4.78 is 5.73. The lowest BCUT2D eigenvalue weighted by Crippen LogP contribution is -2.39. The van der Waals surface area contributed by atoms with E-state index in [0.717, 1.165) is 50.4 Å². The van der Waals surface area contributed by atoms with E-state index in [1.54, 1.807) is 0 Å². The molecule has 1 aliphatic heterocycles. The number of hydrogen-bond acceptors (Lipinski definition) is 2. The number of hydrogen-bond donors (Lipinski definition) is 1. The van der Waals surface area contributed by atoms with Crippen LogP contribution in [0.25, 0.3) is 0 Å². The summed E-state index contributed by atoms with van der Waals surface area (Å²) in [7, 11) is 0. The fourth-order valence-electron chi connectivity index (χ4n) is 3.96. The summed E-state index contributed by atoms with van der Waals surface area (Å²) in [4.78, 5) is 0. The first-order chi connectivity index (χ1) is 9.57. The molecule has 1 saturated carbocycles. The SMILES string of the molecule is CC1CCC(O)(CC2CCOc3ccccc32)CC1C. The molecular weight excluding hydrogens is 248 g/mol. The van der Waals surface area contributed by atoms with Crippen molar-refractivity contribution in [1.29, 1.82) is 0 Å². The minimum absolute atomic E-state index is 0.450. The van der Waals surface area contributed by atoms with Crippen molar-refractivity contribution in [2.75, 3.05) is 6.61 Å². The van der Waals surface area contributed by atoms with E-state index >= 15 is 0 Å². The molecule has 1 aromatic carbocycles. The fraction of sp³-hybridized carbons (Fsp3) is 0.667. The molecule has 1 heterocycles. The maximum absolute atomic E-state index is 11.0. The van der Waals surface area contributed by atoms with Crippen LogP contribution in [0.5, 0.6) is 5.75 Å². The van der Waals surface area contributed by atoms with E-state index < -0.39 is 5.60 Å². The van der Waals surface area contributed by atoms with Crippen molar-refractivity contribution < 1.29 is 9.84 Å². The number of fused-ring (bicyclic) bond motifs is 1. The summed E-state index contributed by atoms with van der Waals surface area (Å²) in [6, 6.07) is 8.32. The van der Waals surface area contributed by atoms with Gasteiger partial charge in [0.1, 0.15) is 5.75 Å². The molecule has 3 rings (SSSR count). The van der Waals surface area contributed by atoms with Crippen LogP contribution in [0, 0.1) is 11.8 Å². The highest BCUT2D eigenvalue weighted by atomic mass is 16.5. The smallest absolute Gasteiger partial charge is 0.122 e. The lowest BCUT2D eigenvalue weighted by atomic mass is 9.69. The molecule has 4 unspecified atom stereocenters. The first kappa shape index (κ1) is 13.9. The maximum Gasteiger partial charge on any atom is 0.122 e. The van der Waals surface area contributed by atoms with Crippen molar-refractivity contribution in [2.45, 2.75) is 57.5 Å². The Bertz CT molecular complexity index is 470. The predicted octanol–water partition coefficient (Wildman–Crippen LogP) is 4.13. The Hall–Kier alpha value is -1.02. The average Bonchev–Trinajstić information content (AvgIpc) is 2.44. The number of rotatable bonds is 2. The molecule has 2 aliphatic rings. The molecule has 0 amide bonds. The van der Waals surface area contributed by atoms with Crippen molar-refractivity contribution >= 4 is 0 Å². The largest absolute Gasteiger partial charge is 0.493 e. The molecule has 0 aromatic heterocycles. The van der Waals surface area contributed by atoms with E-state index in [1.165, 1.54) is 5.56 Å². The fourth-order valence-corrected chi connectivity index (χ4v) is 3.96. The summed E-state index contributed by atoms with van der Waals surface area (Å²) in [5.74, 6) is 2.84. The molecule has 1 aromatic rings. The van der Waals surface area contributed by atoms with Crippen LogP contribution in [-0.2, 0) is 0 Å². The molecule has 1 aliphatic carbocycles. The summed E-state index contributed by atoms with van der Waals surface area (Å²) in [6.45, 7) is 5.38. The van der Waals surface area contributed by atoms with Gasteiger partial charge in [0, 0.05) is 0 Å². The van der Waals surface area contributed by atoms with Crippen molar-refractivity contribution in [3.8, 4) is 5.75 Å². The zero-order valence-corrected chi connectivity index (χ0v) is 12.6. The second-order valence-electron chi connectivity index (χ2n) is 7.00. The van der Waals surface area contributed by atoms with Crippen LogP contribution < -0.4 is 4.74 Å². The highest BCUT2D eigenvalue weighted by Crippen LogP contribution is 2.44. The number of benzene rings is 1. The van der Waals surface area contributed by atoms with Gasteiger partial charge in [0.2, 0.25) is 0 Å². The van der Waals surface area contributed by atoms with Crippen LogP contribution >= 0.6 is 0 Å². The van der Waals surface area contributed by atoms with Gasteiger partial charge in [-0.1, -0.05) is 32.0 Å². The first-order valence-corrected chi connectivity index (χ1v) is 8.01. The maximum atomic E-state index is 11.0. The van der Waals surface area contributed by atoms with Gasteiger partial charge in [-0.25, -0.2) is 0 Å². The van der Waals surface area contributed by atoms with Crippen molar-refractivity contribution in [3.05, 3.63) is 29.8 Å². The second-order valence-corrected chi connectivity index (χ2v) is 7.00. The van der Waals surface area contributed by atoms with E-state index in [4.69, 9.17) is 4.74 Å². The molecule has 0 bridgehead atoms. The Balaban J connectivity index is 1.75. The Morgan fingerprint density at radius 2 is 2.00 bits per heavy atom. The highest BCUT2D eigenvalue weighted by Gasteiger charge is 2.38. The van der Waals surface area contributed by atoms with E-state index in [9.17, 15) is 5.11 Å². The molecule has 0 radical (unpaired) electrons. The van der Waals surface area contributed by atoms with E-state index in [-0.39, 0.29) is 0 Å². The third-order valence-corrected chi connectivity index (χ3v) is 5.45. The second kappa shape index (κ2) is 5.40. The molecule has 2 heteroatoms. The topological polar surface area (TPSA) is 29.5 Å². The van der Waals surface area contributed by atoms with Crippen LogP contribution in [0.2, 0.25) is 0 Å². The Morgan fingerprint density at radius 1 is 1.20 bits per heavy atom. The minimum Gasteiger partial charge on any atom is -0.493 e. The van der Waals surface area contributed by atoms with Crippen LogP contribution in [-0.4, -0.2) is 17.3 Å². The van der Waals surface area contributed by atoms with E-state index in [1.807, 2.05) is 6.07 Å². The van der Waals surface area contributed by atoms with Gasteiger partial charge in [-0.05, 0) is 61.5 Å². The van der Waals surface area contributed by atoms with Gasteiger partial charge in [-0.2, -0.15) is 0 Å². The zero-order chi connectivity index (χ0) is 14.2. The molecular formula is C18H26O2. The molecule has 2 nitrogen and oxygen atoms in total. The summed E-state index contributed by atoms with van der Waals surface area (Å²) >= 11 is 0. The van der Waals surface area contributed by atoms with Gasteiger partial charge in [0.15, 0.2) is 0 Å². The van der Waals surface area contributed by atoms with Crippen molar-refractivity contribution in [3.63, 3.8) is 0 Å². The van der Waals surface area contributed by atoms with Gasteiger partial charge in [0.05, 0.1) is 12.2 Å². The van der Waals surface area contributed by atoms with Gasteiger partial charge in [-0.3, -0.25) is 0 Å². The van der Waals surface area contributed by atoms with Crippen molar-refractivity contribution in [2.24, 2.45) is 11.8 Å². The number of aliphatic hydroxyl groups is 1. The minimum atomic E-state index is -0.471. The van der Waals surface area contributed by atoms with E-state index in [0.29, 0.717) is 11.8 Å². The Kier molecular flexibility index (Phi) is 3.76. The predicted molar refractivity (Wildman–Crippen MR) is 81.0 cm³/mol. The molecule has 1 N–H and O–H groups in total. The van der Waals surface area contributed by atoms with Crippen LogP contribution in [0.1, 0.15) is 57.4 Å². The van der Waals surface area contributed by atoms with Gasteiger partial charge in [0.25, 0.3) is 0 Å². The standard InChI is InChI=1S/C18H26O2/c1-13-7-9-18(19,11-14(13)2)12-15-8-10-20-17-6-4-3-5-16(15)17/h3-6,13-15,19H,7-12H2,1-2H3. The number of ether oxygens (including phenoxy) is 1. The van der Waals surface area contributed by atoms with Crippen molar-refractivity contribution in [1.82, 2.24) is 0 Å². The Morgan fingerprint density at radius 3 is 2.80 bits per heavy atom. The molecule has 20 heavy (non-hydrogen) atoms. The zero-order valence-electron chi connectivity index (χ0n) is 12.6. The quantitative estimate of drug-likeness (QED) is 0.878.